The van der Waals surface area contributed by atoms with Crippen LogP contribution in [-0.2, 0) is 9.31 Å². The van der Waals surface area contributed by atoms with E-state index in [0.29, 0.717) is 6.54 Å². The quantitative estimate of drug-likeness (QED) is 0.860. The summed E-state index contributed by atoms with van der Waals surface area (Å²) in [5.41, 5.74) is 6.83. The number of methoxy groups -OCH3 is 1. The molecule has 0 bridgehead atoms. The highest BCUT2D eigenvalue weighted by Gasteiger charge is 2.52. The van der Waals surface area contributed by atoms with Crippen LogP contribution in [0, 0.1) is 0 Å². The Bertz CT molecular complexity index is 527. The van der Waals surface area contributed by atoms with Crippen LogP contribution < -0.4 is 10.5 Å². The standard InChI is InChI=1S/C15H23BN2O3/c1-14(2)15(3,4)21-16(20-14)12(9-17)8-11-10-18-7-6-13(11)19-5/h6-8,10H,9,17H2,1-5H3. The molecular weight excluding hydrogens is 267 g/mol. The van der Waals surface area contributed by atoms with Gasteiger partial charge in [0.1, 0.15) is 5.75 Å². The van der Waals surface area contributed by atoms with E-state index in [1.165, 1.54) is 0 Å². The SMILES string of the molecule is COc1ccncc1C=C(CN)B1OC(C)(C)C(C)(C)O1. The Hall–Kier alpha value is -1.37. The summed E-state index contributed by atoms with van der Waals surface area (Å²) in [6.07, 6.45) is 5.35. The molecule has 21 heavy (non-hydrogen) atoms. The van der Waals surface area contributed by atoms with Crippen LogP contribution in [0.2, 0.25) is 0 Å². The highest BCUT2D eigenvalue weighted by Crippen LogP contribution is 2.38. The van der Waals surface area contributed by atoms with Crippen LogP contribution in [0.25, 0.3) is 6.08 Å². The van der Waals surface area contributed by atoms with Gasteiger partial charge in [-0.3, -0.25) is 4.98 Å². The lowest BCUT2D eigenvalue weighted by atomic mass is 9.77. The van der Waals surface area contributed by atoms with E-state index in [9.17, 15) is 0 Å². The van der Waals surface area contributed by atoms with Crippen LogP contribution in [0.5, 0.6) is 5.75 Å². The van der Waals surface area contributed by atoms with E-state index in [2.05, 4.69) is 4.98 Å². The number of pyridine rings is 1. The zero-order valence-corrected chi connectivity index (χ0v) is 13.3. The Labute approximate surface area is 126 Å². The maximum absolute atomic E-state index is 6.03. The smallest absolute Gasteiger partial charge is 0.491 e. The number of nitrogens with zero attached hydrogens (tertiary/aromatic N) is 1. The molecule has 5 nitrogen and oxygen atoms in total. The second-order valence-electron chi connectivity index (χ2n) is 6.13. The summed E-state index contributed by atoms with van der Waals surface area (Å²) in [6, 6.07) is 1.81. The third-order valence-corrected chi connectivity index (χ3v) is 4.16. The first kappa shape index (κ1) is 16.0. The molecule has 6 heteroatoms. The monoisotopic (exact) mass is 290 g/mol. The van der Waals surface area contributed by atoms with Crippen LogP contribution in [0.1, 0.15) is 33.3 Å². The third-order valence-electron chi connectivity index (χ3n) is 4.16. The average Bonchev–Trinajstić information content (AvgIpc) is 2.65. The molecule has 1 aliphatic heterocycles. The van der Waals surface area contributed by atoms with Crippen molar-refractivity contribution in [2.75, 3.05) is 13.7 Å². The van der Waals surface area contributed by atoms with Crippen molar-refractivity contribution in [2.24, 2.45) is 5.73 Å². The maximum atomic E-state index is 6.03. The number of ether oxygens (including phenoxy) is 1. The van der Waals surface area contributed by atoms with Gasteiger partial charge in [-0.2, -0.15) is 0 Å². The van der Waals surface area contributed by atoms with Crippen LogP contribution in [-0.4, -0.2) is 37.0 Å². The molecule has 0 aromatic carbocycles. The molecule has 1 aliphatic rings. The van der Waals surface area contributed by atoms with E-state index in [-0.39, 0.29) is 11.2 Å². The fourth-order valence-electron chi connectivity index (χ4n) is 2.11. The van der Waals surface area contributed by atoms with Gasteiger partial charge in [-0.15, -0.1) is 0 Å². The van der Waals surface area contributed by atoms with E-state index in [4.69, 9.17) is 19.8 Å². The molecule has 2 N–H and O–H groups in total. The van der Waals surface area contributed by atoms with Crippen LogP contribution in [0.3, 0.4) is 0 Å². The van der Waals surface area contributed by atoms with Crippen molar-refractivity contribution in [3.8, 4) is 5.75 Å². The van der Waals surface area contributed by atoms with Crippen LogP contribution in [0.15, 0.2) is 23.9 Å². The summed E-state index contributed by atoms with van der Waals surface area (Å²) in [5, 5.41) is 0. The summed E-state index contributed by atoms with van der Waals surface area (Å²) in [4.78, 5) is 4.12. The Morgan fingerprint density at radius 3 is 2.48 bits per heavy atom. The van der Waals surface area contributed by atoms with E-state index < -0.39 is 7.12 Å². The lowest BCUT2D eigenvalue weighted by Crippen LogP contribution is -2.41. The fourth-order valence-corrected chi connectivity index (χ4v) is 2.11. The molecule has 1 fully saturated rings. The first-order chi connectivity index (χ1) is 9.80. The minimum atomic E-state index is -0.454. The van der Waals surface area contributed by atoms with Crippen molar-refractivity contribution >= 4 is 13.2 Å². The Morgan fingerprint density at radius 1 is 1.33 bits per heavy atom. The summed E-state index contributed by atoms with van der Waals surface area (Å²) in [7, 11) is 1.17. The first-order valence-corrected chi connectivity index (χ1v) is 7.05. The molecule has 0 aliphatic carbocycles. The molecule has 1 saturated heterocycles. The van der Waals surface area contributed by atoms with Crippen molar-refractivity contribution < 1.29 is 14.0 Å². The normalized spacial score (nSPS) is 20.7. The van der Waals surface area contributed by atoms with Gasteiger partial charge < -0.3 is 19.8 Å². The van der Waals surface area contributed by atoms with E-state index in [1.807, 2.05) is 39.8 Å². The van der Waals surface area contributed by atoms with Gasteiger partial charge in [-0.1, -0.05) is 6.08 Å². The molecule has 114 valence electrons. The van der Waals surface area contributed by atoms with Gasteiger partial charge in [-0.05, 0) is 39.2 Å². The van der Waals surface area contributed by atoms with Crippen molar-refractivity contribution in [1.29, 1.82) is 0 Å². The number of nitrogens with two attached hydrogens (primary N) is 1. The minimum Gasteiger partial charge on any atom is -0.496 e. The molecule has 0 saturated carbocycles. The summed E-state index contributed by atoms with van der Waals surface area (Å²) in [6.45, 7) is 8.42. The van der Waals surface area contributed by atoms with Gasteiger partial charge in [0.15, 0.2) is 0 Å². The van der Waals surface area contributed by atoms with Crippen LogP contribution >= 0.6 is 0 Å². The predicted molar refractivity (Wildman–Crippen MR) is 83.9 cm³/mol. The van der Waals surface area contributed by atoms with Gasteiger partial charge in [-0.25, -0.2) is 0 Å². The summed E-state index contributed by atoms with van der Waals surface area (Å²) in [5.74, 6) is 0.743. The minimum absolute atomic E-state index is 0.342. The number of aromatic nitrogens is 1. The second-order valence-corrected chi connectivity index (χ2v) is 6.13. The largest absolute Gasteiger partial charge is 0.496 e. The number of hydrogen-bond acceptors (Lipinski definition) is 5. The molecule has 0 amide bonds. The second kappa shape index (κ2) is 5.79. The Balaban J connectivity index is 2.31. The zero-order valence-electron chi connectivity index (χ0n) is 13.3. The molecule has 2 heterocycles. The molecule has 0 atom stereocenters. The molecular formula is C15H23BN2O3. The van der Waals surface area contributed by atoms with E-state index in [1.54, 1.807) is 19.5 Å². The topological polar surface area (TPSA) is 66.6 Å². The van der Waals surface area contributed by atoms with Gasteiger partial charge in [0, 0.05) is 24.5 Å². The molecule has 0 spiro atoms. The molecule has 0 radical (unpaired) electrons. The van der Waals surface area contributed by atoms with E-state index in [0.717, 1.165) is 16.8 Å². The highest BCUT2D eigenvalue weighted by molar-refractivity contribution is 6.55. The van der Waals surface area contributed by atoms with Crippen molar-refractivity contribution in [3.63, 3.8) is 0 Å². The zero-order chi connectivity index (χ0) is 15.7. The van der Waals surface area contributed by atoms with Crippen LogP contribution in [0.4, 0.5) is 0 Å². The van der Waals surface area contributed by atoms with Crippen molar-refractivity contribution in [2.45, 2.75) is 38.9 Å². The van der Waals surface area contributed by atoms with Crippen molar-refractivity contribution in [3.05, 3.63) is 29.5 Å². The number of hydrogen-bond donors (Lipinski definition) is 1. The predicted octanol–water partition coefficient (Wildman–Crippen LogP) is 2.06. The van der Waals surface area contributed by atoms with Gasteiger partial charge in [0.25, 0.3) is 0 Å². The third kappa shape index (κ3) is 3.12. The fraction of sp³-hybridized carbons (Fsp3) is 0.533. The van der Waals surface area contributed by atoms with E-state index >= 15 is 0 Å². The molecule has 0 unspecified atom stereocenters. The Morgan fingerprint density at radius 2 is 1.95 bits per heavy atom. The molecule has 2 rings (SSSR count). The summed E-state index contributed by atoms with van der Waals surface area (Å²) < 4.78 is 17.4. The lowest BCUT2D eigenvalue weighted by Gasteiger charge is -2.32. The van der Waals surface area contributed by atoms with Crippen molar-refractivity contribution in [1.82, 2.24) is 4.98 Å². The van der Waals surface area contributed by atoms with Gasteiger partial charge in [0.05, 0.1) is 18.3 Å². The highest BCUT2D eigenvalue weighted by atomic mass is 16.7. The van der Waals surface area contributed by atoms with Gasteiger partial charge in [0.2, 0.25) is 0 Å². The van der Waals surface area contributed by atoms with Gasteiger partial charge >= 0.3 is 7.12 Å². The Kier molecular flexibility index (Phi) is 4.42. The number of rotatable bonds is 4. The maximum Gasteiger partial charge on any atom is 0.491 e. The summed E-state index contributed by atoms with van der Waals surface area (Å²) >= 11 is 0. The first-order valence-electron chi connectivity index (χ1n) is 7.05. The lowest BCUT2D eigenvalue weighted by molar-refractivity contribution is 0.00578. The average molecular weight is 290 g/mol. The molecule has 1 aromatic rings. The molecule has 1 aromatic heterocycles.